The molecule has 3 N–H and O–H groups in total. The molecule has 1 aliphatic heterocycles. The Hall–Kier alpha value is -2.82. The first-order chi connectivity index (χ1) is 11.1. The van der Waals surface area contributed by atoms with E-state index in [1.807, 2.05) is 23.1 Å². The van der Waals surface area contributed by atoms with Crippen LogP contribution in [0, 0.1) is 0 Å². The van der Waals surface area contributed by atoms with E-state index >= 15 is 0 Å². The van der Waals surface area contributed by atoms with Crippen molar-refractivity contribution in [3.8, 4) is 0 Å². The predicted molar refractivity (Wildman–Crippen MR) is 89.1 cm³/mol. The van der Waals surface area contributed by atoms with E-state index in [1.165, 1.54) is 5.56 Å². The molecule has 0 aromatic heterocycles. The predicted octanol–water partition coefficient (Wildman–Crippen LogP) is 3.15. The van der Waals surface area contributed by atoms with E-state index in [0.29, 0.717) is 11.3 Å². The zero-order valence-corrected chi connectivity index (χ0v) is 12.7. The summed E-state index contributed by atoms with van der Waals surface area (Å²) >= 11 is 0. The minimum Gasteiger partial charge on any atom is -0.351 e. The van der Waals surface area contributed by atoms with E-state index in [-0.39, 0.29) is 11.9 Å². The van der Waals surface area contributed by atoms with E-state index in [4.69, 9.17) is 5.73 Å². The lowest BCUT2D eigenvalue weighted by Gasteiger charge is -2.25. The summed E-state index contributed by atoms with van der Waals surface area (Å²) in [4.78, 5) is 25.5. The van der Waals surface area contributed by atoms with Crippen molar-refractivity contribution >= 4 is 17.6 Å². The van der Waals surface area contributed by atoms with Crippen molar-refractivity contribution in [2.24, 2.45) is 5.73 Å². The topological polar surface area (TPSA) is 75.4 Å². The zero-order chi connectivity index (χ0) is 16.2. The van der Waals surface area contributed by atoms with Gasteiger partial charge in [0.15, 0.2) is 0 Å². The Balaban J connectivity index is 1.78. The molecule has 2 aromatic rings. The van der Waals surface area contributed by atoms with Crippen molar-refractivity contribution in [2.75, 3.05) is 11.9 Å². The van der Waals surface area contributed by atoms with Crippen molar-refractivity contribution in [3.05, 3.63) is 65.7 Å². The first kappa shape index (κ1) is 15.1. The summed E-state index contributed by atoms with van der Waals surface area (Å²) < 4.78 is 0. The van der Waals surface area contributed by atoms with Crippen LogP contribution in [0.4, 0.5) is 10.5 Å². The monoisotopic (exact) mass is 309 g/mol. The van der Waals surface area contributed by atoms with Gasteiger partial charge in [-0.2, -0.15) is 0 Å². The molecule has 2 aromatic carbocycles. The minimum atomic E-state index is -0.618. The number of rotatable bonds is 3. The number of nitrogens with two attached hydrogens (primary N) is 1. The molecule has 1 aliphatic rings. The third-order valence-corrected chi connectivity index (χ3v) is 4.10. The van der Waals surface area contributed by atoms with Crippen LogP contribution in [0.1, 0.15) is 34.8 Å². The van der Waals surface area contributed by atoms with Gasteiger partial charge in [0.25, 0.3) is 5.91 Å². The summed E-state index contributed by atoms with van der Waals surface area (Å²) in [5.41, 5.74) is 7.44. The second kappa shape index (κ2) is 6.52. The third kappa shape index (κ3) is 3.34. The average molecular weight is 309 g/mol. The molecule has 0 bridgehead atoms. The van der Waals surface area contributed by atoms with Crippen molar-refractivity contribution in [3.63, 3.8) is 0 Å². The Morgan fingerprint density at radius 1 is 1.04 bits per heavy atom. The molecule has 0 saturated carbocycles. The number of likely N-dealkylation sites (tertiary alicyclic amines) is 1. The van der Waals surface area contributed by atoms with Crippen LogP contribution in [0.15, 0.2) is 54.6 Å². The quantitative estimate of drug-likeness (QED) is 0.914. The van der Waals surface area contributed by atoms with Crippen molar-refractivity contribution in [2.45, 2.75) is 18.9 Å². The molecule has 1 heterocycles. The van der Waals surface area contributed by atoms with Gasteiger partial charge in [-0.25, -0.2) is 4.79 Å². The van der Waals surface area contributed by atoms with Gasteiger partial charge < -0.3 is 16.0 Å². The fraction of sp³-hybridized carbons (Fsp3) is 0.222. The van der Waals surface area contributed by atoms with Crippen LogP contribution in [-0.2, 0) is 0 Å². The highest BCUT2D eigenvalue weighted by atomic mass is 16.2. The molecular weight excluding hydrogens is 290 g/mol. The number of carbonyl (C=O) groups excluding carboxylic acids is 2. The highest BCUT2D eigenvalue weighted by Gasteiger charge is 2.30. The number of hydrogen-bond acceptors (Lipinski definition) is 2. The fourth-order valence-electron chi connectivity index (χ4n) is 3.04. The van der Waals surface area contributed by atoms with Gasteiger partial charge in [-0.3, -0.25) is 4.79 Å². The number of benzene rings is 2. The van der Waals surface area contributed by atoms with E-state index < -0.39 is 6.03 Å². The van der Waals surface area contributed by atoms with Crippen molar-refractivity contribution in [1.82, 2.24) is 4.90 Å². The number of nitrogens with zero attached hydrogens (tertiary/aromatic N) is 1. The van der Waals surface area contributed by atoms with Gasteiger partial charge >= 0.3 is 6.03 Å². The molecule has 118 valence electrons. The number of amides is 3. The molecule has 0 unspecified atom stereocenters. The van der Waals surface area contributed by atoms with Gasteiger partial charge in [0.2, 0.25) is 0 Å². The molecule has 0 spiro atoms. The maximum absolute atomic E-state index is 12.8. The maximum Gasteiger partial charge on any atom is 0.316 e. The fourth-order valence-corrected chi connectivity index (χ4v) is 3.04. The second-order valence-electron chi connectivity index (χ2n) is 5.63. The Morgan fingerprint density at radius 2 is 1.74 bits per heavy atom. The standard InChI is InChI=1S/C18H19N3O2/c19-18(23)20-15-10-8-14(9-11-15)17(22)21-12-4-7-16(21)13-5-2-1-3-6-13/h1-3,5-6,8-11,16H,4,7,12H2,(H3,19,20,23)/t16-/m0/s1. The molecule has 3 rings (SSSR count). The number of anilines is 1. The molecule has 23 heavy (non-hydrogen) atoms. The zero-order valence-electron chi connectivity index (χ0n) is 12.7. The van der Waals surface area contributed by atoms with Crippen LogP contribution in [0.3, 0.4) is 0 Å². The SMILES string of the molecule is NC(=O)Nc1ccc(C(=O)N2CCC[C@H]2c2ccccc2)cc1. The van der Waals surface area contributed by atoms with Gasteiger partial charge in [0.1, 0.15) is 0 Å². The summed E-state index contributed by atoms with van der Waals surface area (Å²) in [7, 11) is 0. The van der Waals surface area contributed by atoms with Gasteiger partial charge in [-0.1, -0.05) is 30.3 Å². The minimum absolute atomic E-state index is 0.0157. The lowest BCUT2D eigenvalue weighted by Crippen LogP contribution is -2.30. The van der Waals surface area contributed by atoms with Gasteiger partial charge in [-0.15, -0.1) is 0 Å². The largest absolute Gasteiger partial charge is 0.351 e. The summed E-state index contributed by atoms with van der Waals surface area (Å²) in [6.45, 7) is 0.764. The van der Waals surface area contributed by atoms with Gasteiger partial charge in [0, 0.05) is 17.8 Å². The van der Waals surface area contributed by atoms with Crippen LogP contribution in [0.5, 0.6) is 0 Å². The first-order valence-electron chi connectivity index (χ1n) is 7.67. The van der Waals surface area contributed by atoms with Crippen molar-refractivity contribution < 1.29 is 9.59 Å². The van der Waals surface area contributed by atoms with Crippen LogP contribution in [0.2, 0.25) is 0 Å². The van der Waals surface area contributed by atoms with E-state index in [9.17, 15) is 9.59 Å². The average Bonchev–Trinajstić information content (AvgIpc) is 3.05. The molecule has 0 aliphatic carbocycles. The van der Waals surface area contributed by atoms with E-state index in [1.54, 1.807) is 24.3 Å². The summed E-state index contributed by atoms with van der Waals surface area (Å²) in [5, 5.41) is 2.49. The number of nitrogens with one attached hydrogen (secondary N) is 1. The van der Waals surface area contributed by atoms with Gasteiger partial charge in [-0.05, 0) is 42.7 Å². The molecule has 1 fully saturated rings. The van der Waals surface area contributed by atoms with Crippen molar-refractivity contribution in [1.29, 1.82) is 0 Å². The number of carbonyl (C=O) groups is 2. The molecule has 3 amide bonds. The van der Waals surface area contributed by atoms with Crippen LogP contribution in [0.25, 0.3) is 0 Å². The molecular formula is C18H19N3O2. The first-order valence-corrected chi connectivity index (χ1v) is 7.67. The lowest BCUT2D eigenvalue weighted by atomic mass is 10.0. The summed E-state index contributed by atoms with van der Waals surface area (Å²) in [5.74, 6) is 0.0157. The Kier molecular flexibility index (Phi) is 4.28. The van der Waals surface area contributed by atoms with Crippen LogP contribution in [-0.4, -0.2) is 23.4 Å². The smallest absolute Gasteiger partial charge is 0.316 e. The molecule has 1 atom stereocenters. The second-order valence-corrected chi connectivity index (χ2v) is 5.63. The number of urea groups is 1. The number of hydrogen-bond donors (Lipinski definition) is 2. The Labute approximate surface area is 135 Å². The lowest BCUT2D eigenvalue weighted by molar-refractivity contribution is 0.0735. The number of primary amides is 1. The van der Waals surface area contributed by atoms with E-state index in [2.05, 4.69) is 17.4 Å². The van der Waals surface area contributed by atoms with E-state index in [0.717, 1.165) is 19.4 Å². The van der Waals surface area contributed by atoms with Gasteiger partial charge in [0.05, 0.1) is 6.04 Å². The normalized spacial score (nSPS) is 17.0. The molecule has 1 saturated heterocycles. The Morgan fingerprint density at radius 3 is 2.39 bits per heavy atom. The molecule has 5 nitrogen and oxygen atoms in total. The summed E-state index contributed by atoms with van der Waals surface area (Å²) in [6, 6.07) is 16.4. The summed E-state index contributed by atoms with van der Waals surface area (Å²) in [6.07, 6.45) is 1.99. The van der Waals surface area contributed by atoms with Crippen LogP contribution < -0.4 is 11.1 Å². The van der Waals surface area contributed by atoms with Crippen LogP contribution >= 0.6 is 0 Å². The highest BCUT2D eigenvalue weighted by Crippen LogP contribution is 2.33. The maximum atomic E-state index is 12.8. The highest BCUT2D eigenvalue weighted by molar-refractivity contribution is 5.95. The molecule has 5 heteroatoms. The molecule has 0 radical (unpaired) electrons. The Bertz CT molecular complexity index is 698. The third-order valence-electron chi connectivity index (χ3n) is 4.10.